The third kappa shape index (κ3) is 4.21. The van der Waals surface area contributed by atoms with Gasteiger partial charge in [-0.15, -0.1) is 0 Å². The monoisotopic (exact) mass is 440 g/mol. The number of aromatic nitrogens is 3. The number of ether oxygens (including phenoxy) is 1. The minimum atomic E-state index is -0.154. The van der Waals surface area contributed by atoms with E-state index in [1.54, 1.807) is 7.11 Å². The van der Waals surface area contributed by atoms with Gasteiger partial charge in [-0.25, -0.2) is 0 Å². The minimum absolute atomic E-state index is 0.154. The summed E-state index contributed by atoms with van der Waals surface area (Å²) in [4.78, 5) is 18.3. The third-order valence-electron chi connectivity index (χ3n) is 6.35. The fourth-order valence-electron chi connectivity index (χ4n) is 4.21. The summed E-state index contributed by atoms with van der Waals surface area (Å²) >= 11 is 0. The molecule has 0 radical (unpaired) electrons. The summed E-state index contributed by atoms with van der Waals surface area (Å²) < 4.78 is 7.34. The molecule has 1 aliphatic carbocycles. The molecule has 4 aromatic rings. The molecular weight excluding hydrogens is 412 g/mol. The predicted octanol–water partition coefficient (Wildman–Crippen LogP) is 5.54. The lowest BCUT2D eigenvalue weighted by atomic mass is 10.0. The van der Waals surface area contributed by atoms with E-state index in [0.29, 0.717) is 23.8 Å². The van der Waals surface area contributed by atoms with Gasteiger partial charge in [-0.05, 0) is 63.4 Å². The van der Waals surface area contributed by atoms with Crippen LogP contribution in [0, 0.1) is 20.8 Å². The van der Waals surface area contributed by atoms with Crippen molar-refractivity contribution in [2.24, 2.45) is 0 Å². The largest absolute Gasteiger partial charge is 0.497 e. The quantitative estimate of drug-likeness (QED) is 0.427. The molecule has 1 saturated carbocycles. The van der Waals surface area contributed by atoms with Gasteiger partial charge in [-0.3, -0.25) is 14.5 Å². The van der Waals surface area contributed by atoms with Crippen LogP contribution in [0.3, 0.4) is 0 Å². The Morgan fingerprint density at radius 3 is 2.55 bits per heavy atom. The van der Waals surface area contributed by atoms with Crippen LogP contribution in [0.15, 0.2) is 48.5 Å². The molecule has 6 heteroatoms. The van der Waals surface area contributed by atoms with Crippen LogP contribution >= 0.6 is 0 Å². The van der Waals surface area contributed by atoms with Crippen LogP contribution in [0.2, 0.25) is 0 Å². The second kappa shape index (κ2) is 8.35. The lowest BCUT2D eigenvalue weighted by Crippen LogP contribution is -2.15. The molecule has 6 nitrogen and oxygen atoms in total. The Morgan fingerprint density at radius 1 is 1.09 bits per heavy atom. The molecule has 0 unspecified atom stereocenters. The van der Waals surface area contributed by atoms with E-state index in [-0.39, 0.29) is 5.91 Å². The summed E-state index contributed by atoms with van der Waals surface area (Å²) in [5.74, 6) is 0.998. The van der Waals surface area contributed by atoms with E-state index in [1.165, 1.54) is 11.1 Å². The number of carbonyl (C=O) groups is 1. The van der Waals surface area contributed by atoms with Gasteiger partial charge in [0.25, 0.3) is 5.91 Å². The number of rotatable bonds is 6. The minimum Gasteiger partial charge on any atom is -0.497 e. The second-order valence-corrected chi connectivity index (χ2v) is 8.90. The first kappa shape index (κ1) is 21.2. The van der Waals surface area contributed by atoms with E-state index in [1.807, 2.05) is 42.8 Å². The Morgan fingerprint density at radius 2 is 1.85 bits per heavy atom. The van der Waals surface area contributed by atoms with Crippen molar-refractivity contribution >= 4 is 22.5 Å². The fraction of sp³-hybridized carbons (Fsp3) is 0.296. The highest BCUT2D eigenvalue weighted by atomic mass is 16.5. The van der Waals surface area contributed by atoms with Gasteiger partial charge in [0.1, 0.15) is 5.75 Å². The first-order valence-electron chi connectivity index (χ1n) is 11.3. The van der Waals surface area contributed by atoms with Gasteiger partial charge in [0, 0.05) is 17.0 Å². The van der Waals surface area contributed by atoms with Crippen molar-refractivity contribution in [2.75, 3.05) is 12.4 Å². The number of carbonyl (C=O) groups excluding carboxylic acids is 1. The number of hydrogen-bond donors (Lipinski definition) is 1. The number of hydrogen-bond acceptors (Lipinski definition) is 4. The van der Waals surface area contributed by atoms with Gasteiger partial charge < -0.3 is 10.1 Å². The first-order valence-corrected chi connectivity index (χ1v) is 11.3. The number of benzene rings is 2. The molecule has 1 N–H and O–H groups in total. The van der Waals surface area contributed by atoms with E-state index >= 15 is 0 Å². The van der Waals surface area contributed by atoms with Crippen molar-refractivity contribution in [3.63, 3.8) is 0 Å². The number of nitrogens with zero attached hydrogens (tertiary/aromatic N) is 3. The van der Waals surface area contributed by atoms with E-state index in [2.05, 4.69) is 41.6 Å². The standard InChI is InChI=1S/C27H28N4O2/c1-16-5-7-19(8-6-16)15-31-18(3)26(17(2)30-31)29-27(32)23-14-25(20-9-10-20)28-24-12-11-21(33-4)13-22(23)24/h5-8,11-14,20H,9-10,15H2,1-4H3,(H,29,32). The Kier molecular flexibility index (Phi) is 5.36. The number of anilines is 1. The fourth-order valence-corrected chi connectivity index (χ4v) is 4.21. The molecular formula is C27H28N4O2. The lowest BCUT2D eigenvalue weighted by molar-refractivity contribution is 0.102. The molecule has 2 aromatic carbocycles. The normalized spacial score (nSPS) is 13.3. The maximum absolute atomic E-state index is 13.5. The van der Waals surface area contributed by atoms with Crippen LogP contribution < -0.4 is 10.1 Å². The zero-order valence-corrected chi connectivity index (χ0v) is 19.5. The van der Waals surface area contributed by atoms with Gasteiger partial charge in [0.2, 0.25) is 0 Å². The van der Waals surface area contributed by atoms with E-state index in [4.69, 9.17) is 9.72 Å². The SMILES string of the molecule is COc1ccc2nc(C3CC3)cc(C(=O)Nc3c(C)nn(Cc4ccc(C)cc4)c3C)c2c1. The van der Waals surface area contributed by atoms with Crippen LogP contribution in [0.25, 0.3) is 10.9 Å². The predicted molar refractivity (Wildman–Crippen MR) is 130 cm³/mol. The molecule has 1 aliphatic rings. The van der Waals surface area contributed by atoms with Crippen LogP contribution in [0.1, 0.15) is 57.3 Å². The lowest BCUT2D eigenvalue weighted by Gasteiger charge is -2.12. The molecule has 1 fully saturated rings. The Bertz CT molecular complexity index is 1350. The van der Waals surface area contributed by atoms with Gasteiger partial charge >= 0.3 is 0 Å². The molecule has 5 rings (SSSR count). The number of fused-ring (bicyclic) bond motifs is 1. The number of pyridine rings is 1. The molecule has 0 saturated heterocycles. The van der Waals surface area contributed by atoms with Crippen molar-refractivity contribution in [3.05, 3.63) is 82.3 Å². The maximum atomic E-state index is 13.5. The molecule has 2 aromatic heterocycles. The Balaban J connectivity index is 1.48. The summed E-state index contributed by atoms with van der Waals surface area (Å²) in [5, 5.41) is 8.62. The van der Waals surface area contributed by atoms with E-state index in [0.717, 1.165) is 46.5 Å². The van der Waals surface area contributed by atoms with Crippen LogP contribution in [0.5, 0.6) is 5.75 Å². The summed E-state index contributed by atoms with van der Waals surface area (Å²) in [6, 6.07) is 16.1. The summed E-state index contributed by atoms with van der Waals surface area (Å²) in [7, 11) is 1.63. The average molecular weight is 441 g/mol. The summed E-state index contributed by atoms with van der Waals surface area (Å²) in [6.07, 6.45) is 2.25. The summed E-state index contributed by atoms with van der Waals surface area (Å²) in [5.41, 5.74) is 7.30. The van der Waals surface area contributed by atoms with Crippen molar-refractivity contribution < 1.29 is 9.53 Å². The Labute approximate surface area is 193 Å². The topological polar surface area (TPSA) is 69.0 Å². The molecule has 2 heterocycles. The highest BCUT2D eigenvalue weighted by Gasteiger charge is 2.27. The van der Waals surface area contributed by atoms with Crippen LogP contribution in [0.4, 0.5) is 5.69 Å². The van der Waals surface area contributed by atoms with Crippen molar-refractivity contribution in [1.29, 1.82) is 0 Å². The van der Waals surface area contributed by atoms with E-state index in [9.17, 15) is 4.79 Å². The Hall–Kier alpha value is -3.67. The highest BCUT2D eigenvalue weighted by Crippen LogP contribution is 2.40. The second-order valence-electron chi connectivity index (χ2n) is 8.90. The molecule has 0 spiro atoms. The van der Waals surface area contributed by atoms with Crippen molar-refractivity contribution in [2.45, 2.75) is 46.1 Å². The molecule has 1 amide bonds. The van der Waals surface area contributed by atoms with Gasteiger partial charge in [0.15, 0.2) is 0 Å². The zero-order valence-electron chi connectivity index (χ0n) is 19.5. The zero-order chi connectivity index (χ0) is 23.1. The van der Waals surface area contributed by atoms with Crippen LogP contribution in [-0.4, -0.2) is 27.8 Å². The van der Waals surface area contributed by atoms with Crippen molar-refractivity contribution in [3.8, 4) is 5.75 Å². The average Bonchev–Trinajstić information content (AvgIpc) is 3.63. The number of nitrogens with one attached hydrogen (secondary N) is 1. The third-order valence-corrected chi connectivity index (χ3v) is 6.35. The van der Waals surface area contributed by atoms with Gasteiger partial charge in [-0.2, -0.15) is 5.10 Å². The summed E-state index contributed by atoms with van der Waals surface area (Å²) in [6.45, 7) is 6.66. The highest BCUT2D eigenvalue weighted by molar-refractivity contribution is 6.13. The molecule has 0 atom stereocenters. The van der Waals surface area contributed by atoms with Gasteiger partial charge in [-0.1, -0.05) is 29.8 Å². The first-order chi connectivity index (χ1) is 15.9. The van der Waals surface area contributed by atoms with Crippen LogP contribution in [-0.2, 0) is 6.54 Å². The van der Waals surface area contributed by atoms with Crippen molar-refractivity contribution in [1.82, 2.24) is 14.8 Å². The maximum Gasteiger partial charge on any atom is 0.256 e. The molecule has 0 aliphatic heterocycles. The molecule has 168 valence electrons. The number of amides is 1. The molecule has 0 bridgehead atoms. The van der Waals surface area contributed by atoms with E-state index < -0.39 is 0 Å². The molecule has 33 heavy (non-hydrogen) atoms. The number of aryl methyl sites for hydroxylation is 2. The van der Waals surface area contributed by atoms with Gasteiger partial charge in [0.05, 0.1) is 41.8 Å². The smallest absolute Gasteiger partial charge is 0.256 e. The number of methoxy groups -OCH3 is 1.